The van der Waals surface area contributed by atoms with Gasteiger partial charge in [-0.05, 0) is 6.92 Å². The summed E-state index contributed by atoms with van der Waals surface area (Å²) in [6, 6.07) is 0. The van der Waals surface area contributed by atoms with Gasteiger partial charge in [-0.1, -0.05) is 22.7 Å². The molecule has 0 radical (unpaired) electrons. The third kappa shape index (κ3) is 3.20. The molecule has 2 aromatic heterocycles. The highest BCUT2D eigenvalue weighted by Crippen LogP contribution is 2.37. The lowest BCUT2D eigenvalue weighted by atomic mass is 10.4. The van der Waals surface area contributed by atoms with E-state index in [-0.39, 0.29) is 0 Å². The van der Waals surface area contributed by atoms with Gasteiger partial charge in [0, 0.05) is 27.7 Å². The summed E-state index contributed by atoms with van der Waals surface area (Å²) in [5.41, 5.74) is 0.912. The van der Waals surface area contributed by atoms with E-state index in [0.29, 0.717) is 6.61 Å². The van der Waals surface area contributed by atoms with E-state index in [0.717, 1.165) is 32.4 Å². The third-order valence-electron chi connectivity index (χ3n) is 2.30. The van der Waals surface area contributed by atoms with Crippen molar-refractivity contribution in [1.29, 1.82) is 0 Å². The normalized spacial score (nSPS) is 10.7. The summed E-state index contributed by atoms with van der Waals surface area (Å²) in [6.45, 7) is 3.36. The second-order valence-corrected chi connectivity index (χ2v) is 6.00. The third-order valence-corrected chi connectivity index (χ3v) is 4.60. The summed E-state index contributed by atoms with van der Waals surface area (Å²) in [5, 5.41) is 14.2. The average molecular weight is 299 g/mol. The lowest BCUT2D eigenvalue weighted by Crippen LogP contribution is -2.08. The zero-order valence-electron chi connectivity index (χ0n) is 11.4. The molecule has 0 bridgehead atoms. The first kappa shape index (κ1) is 14.2. The molecule has 2 rings (SSSR count). The van der Waals surface area contributed by atoms with Crippen LogP contribution in [0.15, 0.2) is 0 Å². The molecule has 0 aliphatic carbocycles. The minimum Gasteiger partial charge on any atom is -0.378 e. The predicted octanol–water partition coefficient (Wildman–Crippen LogP) is 2.31. The number of thiazole rings is 1. The zero-order chi connectivity index (χ0) is 13.8. The maximum absolute atomic E-state index is 5.20. The minimum atomic E-state index is 0.482. The molecule has 0 amide bonds. The van der Waals surface area contributed by atoms with Gasteiger partial charge in [-0.25, -0.2) is 4.98 Å². The fourth-order valence-electron chi connectivity index (χ4n) is 1.47. The Morgan fingerprint density at radius 2 is 2.05 bits per heavy atom. The van der Waals surface area contributed by atoms with Crippen molar-refractivity contribution in [2.45, 2.75) is 13.5 Å². The number of methoxy groups -OCH3 is 1. The molecule has 6 nitrogen and oxygen atoms in total. The average Bonchev–Trinajstić information content (AvgIpc) is 2.96. The molecule has 2 heterocycles. The van der Waals surface area contributed by atoms with Crippen molar-refractivity contribution in [2.24, 2.45) is 0 Å². The molecule has 19 heavy (non-hydrogen) atoms. The van der Waals surface area contributed by atoms with E-state index in [9.17, 15) is 0 Å². The van der Waals surface area contributed by atoms with E-state index in [1.54, 1.807) is 18.4 Å². The SMILES string of the molecule is CCNc1nnc(-c2sc(N(C)C)nc2COC)s1. The fraction of sp³-hybridized carbons (Fsp3) is 0.545. The zero-order valence-corrected chi connectivity index (χ0v) is 13.1. The maximum Gasteiger partial charge on any atom is 0.206 e. The molecule has 104 valence electrons. The number of anilines is 2. The Hall–Kier alpha value is -1.25. The van der Waals surface area contributed by atoms with Crippen LogP contribution >= 0.6 is 22.7 Å². The highest BCUT2D eigenvalue weighted by Gasteiger charge is 2.17. The first-order valence-electron chi connectivity index (χ1n) is 5.89. The number of aromatic nitrogens is 3. The number of rotatable bonds is 6. The minimum absolute atomic E-state index is 0.482. The van der Waals surface area contributed by atoms with Crippen LogP contribution in [0.5, 0.6) is 0 Å². The Kier molecular flexibility index (Phi) is 4.67. The molecular formula is C11H17N5OS2. The van der Waals surface area contributed by atoms with Gasteiger partial charge < -0.3 is 15.0 Å². The molecule has 0 unspecified atom stereocenters. The van der Waals surface area contributed by atoms with Gasteiger partial charge in [0.15, 0.2) is 10.1 Å². The lowest BCUT2D eigenvalue weighted by Gasteiger charge is -2.05. The Morgan fingerprint density at radius 3 is 2.68 bits per heavy atom. The largest absolute Gasteiger partial charge is 0.378 e. The van der Waals surface area contributed by atoms with Crippen LogP contribution in [0.2, 0.25) is 0 Å². The summed E-state index contributed by atoms with van der Waals surface area (Å²) in [5.74, 6) is 0. The molecule has 0 saturated carbocycles. The van der Waals surface area contributed by atoms with Gasteiger partial charge in [-0.15, -0.1) is 10.2 Å². The highest BCUT2D eigenvalue weighted by atomic mass is 32.1. The quantitative estimate of drug-likeness (QED) is 0.883. The summed E-state index contributed by atoms with van der Waals surface area (Å²) >= 11 is 3.15. The van der Waals surface area contributed by atoms with Crippen molar-refractivity contribution < 1.29 is 4.74 Å². The molecule has 2 aromatic rings. The van der Waals surface area contributed by atoms with Crippen molar-refractivity contribution in [1.82, 2.24) is 15.2 Å². The van der Waals surface area contributed by atoms with Gasteiger partial charge in [0.1, 0.15) is 0 Å². The van der Waals surface area contributed by atoms with Crippen LogP contribution in [0, 0.1) is 0 Å². The van der Waals surface area contributed by atoms with E-state index in [4.69, 9.17) is 4.74 Å². The van der Waals surface area contributed by atoms with Crippen LogP contribution in [-0.4, -0.2) is 42.9 Å². The van der Waals surface area contributed by atoms with Crippen molar-refractivity contribution in [2.75, 3.05) is 38.0 Å². The molecule has 0 spiro atoms. The van der Waals surface area contributed by atoms with Crippen LogP contribution in [-0.2, 0) is 11.3 Å². The molecule has 8 heteroatoms. The fourth-order valence-corrected chi connectivity index (χ4v) is 3.36. The number of nitrogens with zero attached hydrogens (tertiary/aromatic N) is 4. The van der Waals surface area contributed by atoms with E-state index in [1.165, 1.54) is 11.3 Å². The van der Waals surface area contributed by atoms with Crippen molar-refractivity contribution in [3.63, 3.8) is 0 Å². The van der Waals surface area contributed by atoms with Crippen LogP contribution in [0.3, 0.4) is 0 Å². The van der Waals surface area contributed by atoms with E-state index in [2.05, 4.69) is 20.5 Å². The summed E-state index contributed by atoms with van der Waals surface area (Å²) in [7, 11) is 5.62. The van der Waals surface area contributed by atoms with Crippen molar-refractivity contribution in [3.05, 3.63) is 5.69 Å². The van der Waals surface area contributed by atoms with Gasteiger partial charge in [-0.3, -0.25) is 0 Å². The number of hydrogen-bond donors (Lipinski definition) is 1. The first-order valence-corrected chi connectivity index (χ1v) is 7.52. The molecular weight excluding hydrogens is 282 g/mol. The summed E-state index contributed by atoms with van der Waals surface area (Å²) in [4.78, 5) is 7.59. The van der Waals surface area contributed by atoms with Crippen LogP contribution in [0.1, 0.15) is 12.6 Å². The Balaban J connectivity index is 2.35. The van der Waals surface area contributed by atoms with Gasteiger partial charge in [0.2, 0.25) is 5.13 Å². The standard InChI is InChI=1S/C11H17N5OS2/c1-5-12-10-15-14-9(19-10)8-7(6-17-4)13-11(18-8)16(2)3/h5-6H2,1-4H3,(H,12,15). The number of ether oxygens (including phenoxy) is 1. The van der Waals surface area contributed by atoms with E-state index in [1.807, 2.05) is 25.9 Å². The second kappa shape index (κ2) is 6.27. The monoisotopic (exact) mass is 299 g/mol. The lowest BCUT2D eigenvalue weighted by molar-refractivity contribution is 0.182. The maximum atomic E-state index is 5.20. The van der Waals surface area contributed by atoms with Crippen LogP contribution in [0.4, 0.5) is 10.3 Å². The topological polar surface area (TPSA) is 63.2 Å². The predicted molar refractivity (Wildman–Crippen MR) is 80.2 cm³/mol. The molecule has 0 aliphatic heterocycles. The Bertz CT molecular complexity index is 537. The second-order valence-electron chi connectivity index (χ2n) is 4.04. The molecule has 0 saturated heterocycles. The molecule has 0 aliphatic rings. The van der Waals surface area contributed by atoms with Crippen molar-refractivity contribution in [3.8, 4) is 9.88 Å². The summed E-state index contributed by atoms with van der Waals surface area (Å²) in [6.07, 6.45) is 0. The van der Waals surface area contributed by atoms with Crippen LogP contribution < -0.4 is 10.2 Å². The Morgan fingerprint density at radius 1 is 1.26 bits per heavy atom. The molecule has 1 N–H and O–H groups in total. The highest BCUT2D eigenvalue weighted by molar-refractivity contribution is 7.25. The molecule has 0 atom stereocenters. The van der Waals surface area contributed by atoms with Gasteiger partial charge in [0.25, 0.3) is 0 Å². The van der Waals surface area contributed by atoms with E-state index >= 15 is 0 Å². The van der Waals surface area contributed by atoms with E-state index < -0.39 is 0 Å². The summed E-state index contributed by atoms with van der Waals surface area (Å²) < 4.78 is 5.20. The van der Waals surface area contributed by atoms with Gasteiger partial charge in [0.05, 0.1) is 17.2 Å². The molecule has 0 fully saturated rings. The molecule has 0 aromatic carbocycles. The smallest absolute Gasteiger partial charge is 0.206 e. The Labute approximate surface area is 120 Å². The number of hydrogen-bond acceptors (Lipinski definition) is 8. The van der Waals surface area contributed by atoms with Crippen LogP contribution in [0.25, 0.3) is 9.88 Å². The van der Waals surface area contributed by atoms with Gasteiger partial charge >= 0.3 is 0 Å². The first-order chi connectivity index (χ1) is 9.15. The van der Waals surface area contributed by atoms with Crippen molar-refractivity contribution >= 4 is 32.9 Å². The van der Waals surface area contributed by atoms with Gasteiger partial charge in [-0.2, -0.15) is 0 Å². The number of nitrogens with one attached hydrogen (secondary N) is 1.